The average Bonchev–Trinajstić information content (AvgIpc) is 2.45. The molecule has 0 amide bonds. The molecule has 2 aliphatic rings. The molecule has 0 aromatic rings. The molecule has 2 unspecified atom stereocenters. The van der Waals surface area contributed by atoms with Gasteiger partial charge in [0.1, 0.15) is 0 Å². The first-order chi connectivity index (χ1) is 6.07. The summed E-state index contributed by atoms with van der Waals surface area (Å²) in [6.07, 6.45) is 8.93. The maximum Gasteiger partial charge on any atom is 0.198 e. The second kappa shape index (κ2) is 2.99. The van der Waals surface area contributed by atoms with Crippen molar-refractivity contribution in [1.29, 1.82) is 0 Å². The van der Waals surface area contributed by atoms with Gasteiger partial charge in [-0.05, 0) is 0 Å². The third kappa shape index (κ3) is 1.71. The lowest BCUT2D eigenvalue weighted by atomic mass is 10.1. The fourth-order valence-electron chi connectivity index (χ4n) is 1.25. The Labute approximate surface area is 81.5 Å². The van der Waals surface area contributed by atoms with Gasteiger partial charge in [-0.15, -0.1) is 0 Å². The van der Waals surface area contributed by atoms with Crippen LogP contribution in [0.5, 0.6) is 0 Å². The van der Waals surface area contributed by atoms with Gasteiger partial charge in [-0.1, -0.05) is 36.1 Å². The number of fused-ring (bicyclic) bond motifs is 1. The van der Waals surface area contributed by atoms with Crippen LogP contribution < -0.4 is 0 Å². The predicted octanol–water partition coefficient (Wildman–Crippen LogP) is 0.997. The standard InChI is InChI=1S/C8H9NO2S2/c1-13(10,11)8-9-6-4-2-3-5-7(6)12-8/h2-7H,1H3. The molecule has 70 valence electrons. The van der Waals surface area contributed by atoms with Crippen molar-refractivity contribution < 1.29 is 8.42 Å². The van der Waals surface area contributed by atoms with Crippen molar-refractivity contribution in [1.82, 2.24) is 0 Å². The van der Waals surface area contributed by atoms with Gasteiger partial charge in [0, 0.05) is 6.26 Å². The van der Waals surface area contributed by atoms with Crippen molar-refractivity contribution in [3.05, 3.63) is 24.3 Å². The van der Waals surface area contributed by atoms with Crippen LogP contribution in [0, 0.1) is 0 Å². The minimum atomic E-state index is -3.12. The Hall–Kier alpha value is -0.550. The third-order valence-corrected chi connectivity index (χ3v) is 4.82. The number of thioether (sulfide) groups is 1. The molecule has 2 atom stereocenters. The van der Waals surface area contributed by atoms with E-state index in [1.165, 1.54) is 18.0 Å². The zero-order valence-corrected chi connectivity index (χ0v) is 8.68. The molecule has 0 bridgehead atoms. The molecular formula is C8H9NO2S2. The summed E-state index contributed by atoms with van der Waals surface area (Å²) in [6, 6.07) is 0.0136. The van der Waals surface area contributed by atoms with E-state index in [1.807, 2.05) is 24.3 Å². The number of aliphatic imine (C=N–C) groups is 1. The molecule has 0 saturated heterocycles. The summed E-state index contributed by atoms with van der Waals surface area (Å²) in [5, 5.41) is 0.176. The quantitative estimate of drug-likeness (QED) is 0.605. The summed E-state index contributed by atoms with van der Waals surface area (Å²) in [6.45, 7) is 0. The van der Waals surface area contributed by atoms with Crippen LogP contribution >= 0.6 is 11.8 Å². The van der Waals surface area contributed by atoms with Crippen molar-refractivity contribution in [2.45, 2.75) is 11.3 Å². The van der Waals surface area contributed by atoms with Crippen LogP contribution in [0.15, 0.2) is 29.3 Å². The fraction of sp³-hybridized carbons (Fsp3) is 0.375. The van der Waals surface area contributed by atoms with Crippen LogP contribution in [-0.2, 0) is 9.84 Å². The normalized spacial score (nSPS) is 31.6. The van der Waals surface area contributed by atoms with Gasteiger partial charge in [-0.25, -0.2) is 8.42 Å². The Morgan fingerprint density at radius 1 is 1.38 bits per heavy atom. The molecule has 0 spiro atoms. The number of sulfone groups is 1. The minimum absolute atomic E-state index is 0.0136. The highest BCUT2D eigenvalue weighted by Gasteiger charge is 2.31. The number of rotatable bonds is 0. The summed E-state index contributed by atoms with van der Waals surface area (Å²) < 4.78 is 22.6. The zero-order chi connectivity index (χ0) is 9.47. The van der Waals surface area contributed by atoms with E-state index in [0.717, 1.165) is 0 Å². The van der Waals surface area contributed by atoms with E-state index in [1.54, 1.807) is 0 Å². The van der Waals surface area contributed by atoms with Gasteiger partial charge in [0.2, 0.25) is 0 Å². The molecule has 0 aromatic heterocycles. The van der Waals surface area contributed by atoms with Crippen LogP contribution in [0.1, 0.15) is 0 Å². The first kappa shape index (κ1) is 9.02. The second-order valence-electron chi connectivity index (χ2n) is 3.01. The SMILES string of the molecule is CS(=O)(=O)C1=NC2C=CC=CC2S1. The number of hydrogen-bond acceptors (Lipinski definition) is 4. The Morgan fingerprint density at radius 3 is 2.69 bits per heavy atom. The molecule has 0 fully saturated rings. The van der Waals surface area contributed by atoms with E-state index in [9.17, 15) is 8.42 Å². The molecule has 0 N–H and O–H groups in total. The molecule has 1 heterocycles. The number of nitrogens with zero attached hydrogens (tertiary/aromatic N) is 1. The maximum atomic E-state index is 11.2. The molecule has 5 heteroatoms. The highest BCUT2D eigenvalue weighted by atomic mass is 32.3. The summed E-state index contributed by atoms with van der Waals surface area (Å²) in [5.74, 6) is 0. The predicted molar refractivity (Wildman–Crippen MR) is 55.7 cm³/mol. The lowest BCUT2D eigenvalue weighted by Gasteiger charge is -2.10. The molecule has 0 radical (unpaired) electrons. The zero-order valence-electron chi connectivity index (χ0n) is 7.04. The highest BCUT2D eigenvalue weighted by Crippen LogP contribution is 2.32. The van der Waals surface area contributed by atoms with Gasteiger partial charge in [0.05, 0.1) is 11.3 Å². The summed E-state index contributed by atoms with van der Waals surface area (Å²) in [7, 11) is -3.12. The van der Waals surface area contributed by atoms with Crippen molar-refractivity contribution in [3.63, 3.8) is 0 Å². The lowest BCUT2D eigenvalue weighted by molar-refractivity contribution is 0.613. The summed E-state index contributed by atoms with van der Waals surface area (Å²) >= 11 is 1.33. The molecule has 0 saturated carbocycles. The highest BCUT2D eigenvalue weighted by molar-refractivity contribution is 8.35. The molecule has 13 heavy (non-hydrogen) atoms. The van der Waals surface area contributed by atoms with Gasteiger partial charge in [0.25, 0.3) is 0 Å². The Bertz CT molecular complexity index is 406. The van der Waals surface area contributed by atoms with Crippen molar-refractivity contribution in [3.8, 4) is 0 Å². The first-order valence-corrected chi connectivity index (χ1v) is 6.64. The summed E-state index contributed by atoms with van der Waals surface area (Å²) in [4.78, 5) is 4.13. The van der Waals surface area contributed by atoms with Gasteiger partial charge < -0.3 is 0 Å². The van der Waals surface area contributed by atoms with E-state index >= 15 is 0 Å². The van der Waals surface area contributed by atoms with E-state index in [-0.39, 0.29) is 15.7 Å². The van der Waals surface area contributed by atoms with Crippen LogP contribution in [0.4, 0.5) is 0 Å². The minimum Gasteiger partial charge on any atom is -0.258 e. The first-order valence-electron chi connectivity index (χ1n) is 3.87. The summed E-state index contributed by atoms with van der Waals surface area (Å²) in [5.41, 5.74) is 0. The van der Waals surface area contributed by atoms with Crippen LogP contribution in [0.2, 0.25) is 0 Å². The molecule has 2 rings (SSSR count). The monoisotopic (exact) mass is 215 g/mol. The second-order valence-corrected chi connectivity index (χ2v) is 6.37. The van der Waals surface area contributed by atoms with Gasteiger partial charge >= 0.3 is 0 Å². The van der Waals surface area contributed by atoms with E-state index in [0.29, 0.717) is 0 Å². The molecule has 1 aliphatic heterocycles. The number of hydrogen-bond donors (Lipinski definition) is 0. The molecule has 0 aromatic carbocycles. The average molecular weight is 215 g/mol. The van der Waals surface area contributed by atoms with E-state index < -0.39 is 9.84 Å². The van der Waals surface area contributed by atoms with Gasteiger partial charge in [-0.2, -0.15) is 0 Å². The maximum absolute atomic E-state index is 11.2. The van der Waals surface area contributed by atoms with Crippen LogP contribution in [-0.4, -0.2) is 30.3 Å². The fourth-order valence-corrected chi connectivity index (χ4v) is 3.47. The Morgan fingerprint density at radius 2 is 2.08 bits per heavy atom. The molecular weight excluding hydrogens is 206 g/mol. The molecule has 1 aliphatic carbocycles. The molecule has 3 nitrogen and oxygen atoms in total. The van der Waals surface area contributed by atoms with Crippen molar-refractivity contribution >= 4 is 26.0 Å². The lowest BCUT2D eigenvalue weighted by Crippen LogP contribution is -2.13. The van der Waals surface area contributed by atoms with Gasteiger partial charge in [0.15, 0.2) is 14.2 Å². The smallest absolute Gasteiger partial charge is 0.198 e. The van der Waals surface area contributed by atoms with E-state index in [2.05, 4.69) is 4.99 Å². The topological polar surface area (TPSA) is 46.5 Å². The Balaban J connectivity index is 2.30. The third-order valence-electron chi connectivity index (χ3n) is 1.87. The number of allylic oxidation sites excluding steroid dienone is 2. The van der Waals surface area contributed by atoms with Gasteiger partial charge in [-0.3, -0.25) is 4.99 Å². The van der Waals surface area contributed by atoms with Crippen LogP contribution in [0.3, 0.4) is 0 Å². The van der Waals surface area contributed by atoms with Crippen molar-refractivity contribution in [2.24, 2.45) is 4.99 Å². The Kier molecular flexibility index (Phi) is 2.08. The van der Waals surface area contributed by atoms with Crippen LogP contribution in [0.25, 0.3) is 0 Å². The largest absolute Gasteiger partial charge is 0.258 e. The van der Waals surface area contributed by atoms with Crippen molar-refractivity contribution in [2.75, 3.05) is 6.26 Å². The van der Waals surface area contributed by atoms with E-state index in [4.69, 9.17) is 0 Å².